The van der Waals surface area contributed by atoms with Crippen molar-refractivity contribution in [3.63, 3.8) is 0 Å². The highest BCUT2D eigenvalue weighted by Gasteiger charge is 2.24. The Labute approximate surface area is 124 Å². The number of hydrogen-bond acceptors (Lipinski definition) is 4. The van der Waals surface area contributed by atoms with Gasteiger partial charge in [0.15, 0.2) is 0 Å². The predicted octanol–water partition coefficient (Wildman–Crippen LogP) is 3.54. The molecule has 106 valence electrons. The number of nitrogens with zero attached hydrogens (tertiary/aromatic N) is 2. The normalized spacial score (nSPS) is 19.0. The van der Waals surface area contributed by atoms with Gasteiger partial charge in [-0.2, -0.15) is 11.8 Å². The molecule has 0 radical (unpaired) electrons. The average molecular weight is 287 g/mol. The molecule has 1 aliphatic heterocycles. The first-order valence-electron chi connectivity index (χ1n) is 7.08. The minimum Gasteiger partial charge on any atom is -0.399 e. The highest BCUT2D eigenvalue weighted by atomic mass is 32.2. The summed E-state index contributed by atoms with van der Waals surface area (Å²) < 4.78 is 0.377. The van der Waals surface area contributed by atoms with E-state index in [2.05, 4.69) is 47.6 Å². The van der Waals surface area contributed by atoms with Gasteiger partial charge in [0.2, 0.25) is 0 Å². The van der Waals surface area contributed by atoms with E-state index >= 15 is 0 Å². The zero-order valence-corrected chi connectivity index (χ0v) is 12.9. The number of aromatic nitrogens is 1. The molecule has 0 aliphatic carbocycles. The predicted molar refractivity (Wildman–Crippen MR) is 89.5 cm³/mol. The van der Waals surface area contributed by atoms with Crippen molar-refractivity contribution in [3.8, 4) is 0 Å². The zero-order valence-electron chi connectivity index (χ0n) is 12.1. The smallest absolute Gasteiger partial charge is 0.0743 e. The molecule has 1 aliphatic rings. The van der Waals surface area contributed by atoms with Crippen LogP contribution in [0.4, 0.5) is 11.4 Å². The number of rotatable bonds is 1. The molecule has 0 saturated carbocycles. The van der Waals surface area contributed by atoms with Gasteiger partial charge in [0.25, 0.3) is 0 Å². The largest absolute Gasteiger partial charge is 0.399 e. The van der Waals surface area contributed by atoms with Crippen LogP contribution in [0, 0.1) is 0 Å². The van der Waals surface area contributed by atoms with Gasteiger partial charge in [-0.1, -0.05) is 13.8 Å². The number of pyridine rings is 1. The third kappa shape index (κ3) is 2.70. The molecule has 3 rings (SSSR count). The molecular weight excluding hydrogens is 266 g/mol. The van der Waals surface area contributed by atoms with Gasteiger partial charge in [-0.15, -0.1) is 0 Å². The summed E-state index contributed by atoms with van der Waals surface area (Å²) in [4.78, 5) is 6.93. The van der Waals surface area contributed by atoms with Crippen molar-refractivity contribution in [1.29, 1.82) is 0 Å². The molecule has 0 spiro atoms. The van der Waals surface area contributed by atoms with Crippen LogP contribution >= 0.6 is 11.8 Å². The molecule has 3 nitrogen and oxygen atoms in total. The van der Waals surface area contributed by atoms with Crippen LogP contribution in [0.1, 0.15) is 20.3 Å². The van der Waals surface area contributed by atoms with Crippen LogP contribution in [0.25, 0.3) is 10.9 Å². The van der Waals surface area contributed by atoms with E-state index in [9.17, 15) is 0 Å². The van der Waals surface area contributed by atoms with E-state index in [1.165, 1.54) is 23.2 Å². The van der Waals surface area contributed by atoms with Gasteiger partial charge >= 0.3 is 0 Å². The molecule has 0 amide bonds. The average Bonchev–Trinajstić information content (AvgIpc) is 2.59. The number of anilines is 2. The van der Waals surface area contributed by atoms with Crippen LogP contribution in [0.3, 0.4) is 0 Å². The molecular formula is C16H21N3S. The first-order chi connectivity index (χ1) is 9.55. The molecule has 1 saturated heterocycles. The Morgan fingerprint density at radius 2 is 2.10 bits per heavy atom. The van der Waals surface area contributed by atoms with Gasteiger partial charge in [-0.25, -0.2) is 0 Å². The second-order valence-electron chi connectivity index (χ2n) is 5.95. The Bertz CT molecular complexity index is 624. The summed E-state index contributed by atoms with van der Waals surface area (Å²) in [5.74, 6) is 1.17. The monoisotopic (exact) mass is 287 g/mol. The number of nitrogen functional groups attached to an aromatic ring is 1. The summed E-state index contributed by atoms with van der Waals surface area (Å²) >= 11 is 2.07. The Kier molecular flexibility index (Phi) is 3.50. The van der Waals surface area contributed by atoms with Gasteiger partial charge in [-0.05, 0) is 30.7 Å². The lowest BCUT2D eigenvalue weighted by atomic mass is 10.1. The molecule has 1 fully saturated rings. The van der Waals surface area contributed by atoms with E-state index in [4.69, 9.17) is 5.73 Å². The molecule has 1 aromatic carbocycles. The van der Waals surface area contributed by atoms with Crippen molar-refractivity contribution in [1.82, 2.24) is 4.98 Å². The Hall–Kier alpha value is -1.42. The lowest BCUT2D eigenvalue weighted by molar-refractivity contribution is 0.638. The standard InChI is InChI=1S/C16H21N3S/c1-16(2)6-8-19(9-10-20-16)15-5-7-18-14-11-12(17)3-4-13(14)15/h3-5,7,11H,6,8-10,17H2,1-2H3. The van der Waals surface area contributed by atoms with Crippen molar-refractivity contribution in [2.45, 2.75) is 25.0 Å². The number of benzene rings is 1. The van der Waals surface area contributed by atoms with E-state index < -0.39 is 0 Å². The summed E-state index contributed by atoms with van der Waals surface area (Å²) in [6.45, 7) is 6.88. The topological polar surface area (TPSA) is 42.2 Å². The maximum absolute atomic E-state index is 5.86. The van der Waals surface area contributed by atoms with Crippen LogP contribution in [-0.2, 0) is 0 Å². The van der Waals surface area contributed by atoms with Crippen molar-refractivity contribution in [2.75, 3.05) is 29.5 Å². The molecule has 0 atom stereocenters. The molecule has 1 aromatic heterocycles. The van der Waals surface area contributed by atoms with Crippen molar-refractivity contribution >= 4 is 34.0 Å². The van der Waals surface area contributed by atoms with Gasteiger partial charge in [0, 0.05) is 46.5 Å². The number of thioether (sulfide) groups is 1. The maximum atomic E-state index is 5.86. The SMILES string of the molecule is CC1(C)CCN(c2ccnc3cc(N)ccc23)CCS1. The fourth-order valence-corrected chi connectivity index (χ4v) is 3.79. The van der Waals surface area contributed by atoms with E-state index in [0.29, 0.717) is 4.75 Å². The van der Waals surface area contributed by atoms with Crippen LogP contribution in [0.5, 0.6) is 0 Å². The second kappa shape index (κ2) is 5.17. The molecule has 2 aromatic rings. The number of hydrogen-bond donors (Lipinski definition) is 1. The first-order valence-corrected chi connectivity index (χ1v) is 8.07. The van der Waals surface area contributed by atoms with Crippen LogP contribution in [0.15, 0.2) is 30.5 Å². The van der Waals surface area contributed by atoms with Gasteiger partial charge < -0.3 is 10.6 Å². The lowest BCUT2D eigenvalue weighted by Gasteiger charge is -2.25. The lowest BCUT2D eigenvalue weighted by Crippen LogP contribution is -2.27. The summed E-state index contributed by atoms with van der Waals surface area (Å²) in [6.07, 6.45) is 3.09. The molecule has 0 bridgehead atoms. The molecule has 2 N–H and O–H groups in total. The minimum atomic E-state index is 0.377. The number of fused-ring (bicyclic) bond motifs is 1. The van der Waals surface area contributed by atoms with Crippen LogP contribution in [-0.4, -0.2) is 28.6 Å². The van der Waals surface area contributed by atoms with Gasteiger partial charge in [0.1, 0.15) is 0 Å². The van der Waals surface area contributed by atoms with Gasteiger partial charge in [-0.3, -0.25) is 4.98 Å². The highest BCUT2D eigenvalue weighted by Crippen LogP contribution is 2.34. The summed E-state index contributed by atoms with van der Waals surface area (Å²) in [7, 11) is 0. The second-order valence-corrected chi connectivity index (χ2v) is 7.75. The van der Waals surface area contributed by atoms with Crippen molar-refractivity contribution in [2.24, 2.45) is 0 Å². The summed E-state index contributed by atoms with van der Waals surface area (Å²) in [5.41, 5.74) is 8.90. The van der Waals surface area contributed by atoms with Crippen molar-refractivity contribution < 1.29 is 0 Å². The van der Waals surface area contributed by atoms with E-state index in [0.717, 1.165) is 24.3 Å². The van der Waals surface area contributed by atoms with Crippen LogP contribution < -0.4 is 10.6 Å². The minimum absolute atomic E-state index is 0.377. The summed E-state index contributed by atoms with van der Waals surface area (Å²) in [5, 5.41) is 1.20. The third-order valence-electron chi connectivity index (χ3n) is 3.92. The highest BCUT2D eigenvalue weighted by molar-refractivity contribution is 8.00. The molecule has 20 heavy (non-hydrogen) atoms. The molecule has 4 heteroatoms. The fourth-order valence-electron chi connectivity index (χ4n) is 2.69. The molecule has 0 unspecified atom stereocenters. The van der Waals surface area contributed by atoms with Crippen LogP contribution in [0.2, 0.25) is 0 Å². The summed E-state index contributed by atoms with van der Waals surface area (Å²) in [6, 6.07) is 8.14. The van der Waals surface area contributed by atoms with Gasteiger partial charge in [0.05, 0.1) is 5.52 Å². The number of nitrogens with two attached hydrogens (primary N) is 1. The quantitative estimate of drug-likeness (QED) is 0.815. The van der Waals surface area contributed by atoms with E-state index in [1.807, 2.05) is 18.3 Å². The zero-order chi connectivity index (χ0) is 14.2. The van der Waals surface area contributed by atoms with E-state index in [1.54, 1.807) is 0 Å². The Morgan fingerprint density at radius 3 is 2.95 bits per heavy atom. The van der Waals surface area contributed by atoms with E-state index in [-0.39, 0.29) is 0 Å². The maximum Gasteiger partial charge on any atom is 0.0743 e. The van der Waals surface area contributed by atoms with Crippen molar-refractivity contribution in [3.05, 3.63) is 30.5 Å². The fraction of sp³-hybridized carbons (Fsp3) is 0.438. The first kappa shape index (κ1) is 13.6. The Morgan fingerprint density at radius 1 is 1.25 bits per heavy atom. The molecule has 2 heterocycles. The Balaban J connectivity index is 1.97. The third-order valence-corrected chi connectivity index (χ3v) is 5.29.